The average Bonchev–Trinajstić information content (AvgIpc) is 2.53. The summed E-state index contributed by atoms with van der Waals surface area (Å²) in [5.74, 6) is 2.48. The van der Waals surface area contributed by atoms with Crippen LogP contribution in [0.4, 0.5) is 0 Å². The fraction of sp³-hybridized carbons (Fsp3) is 0.556. The van der Waals surface area contributed by atoms with Crippen molar-refractivity contribution in [3.8, 4) is 11.5 Å². The third-order valence-corrected chi connectivity index (χ3v) is 4.27. The van der Waals surface area contributed by atoms with E-state index in [1.807, 2.05) is 12.1 Å². The minimum Gasteiger partial charge on any atom is -0.488 e. The first-order valence-electron chi connectivity index (χ1n) is 8.05. The average molecular weight is 303 g/mol. The van der Waals surface area contributed by atoms with Gasteiger partial charge in [-0.25, -0.2) is 0 Å². The largest absolute Gasteiger partial charge is 0.488 e. The van der Waals surface area contributed by atoms with Gasteiger partial charge in [-0.1, -0.05) is 6.92 Å². The number of rotatable bonds is 5. The molecule has 0 saturated carbocycles. The van der Waals surface area contributed by atoms with Crippen molar-refractivity contribution in [2.45, 2.75) is 19.8 Å². The summed E-state index contributed by atoms with van der Waals surface area (Å²) in [5.41, 5.74) is 2.49. The number of likely N-dealkylation sites (tertiary alicyclic amines) is 1. The molecule has 4 nitrogen and oxygen atoms in total. The molecule has 3 rings (SSSR count). The van der Waals surface area contributed by atoms with Crippen LogP contribution in [0.15, 0.2) is 23.8 Å². The van der Waals surface area contributed by atoms with E-state index >= 15 is 0 Å². The third kappa shape index (κ3) is 3.81. The lowest BCUT2D eigenvalue weighted by molar-refractivity contribution is 0.0509. The zero-order valence-electron chi connectivity index (χ0n) is 13.5. The van der Waals surface area contributed by atoms with E-state index in [0.29, 0.717) is 6.61 Å². The minimum absolute atomic E-state index is 0.257. The van der Waals surface area contributed by atoms with Crippen LogP contribution in [0.1, 0.15) is 25.3 Å². The van der Waals surface area contributed by atoms with Gasteiger partial charge in [-0.3, -0.25) is 4.90 Å². The molecule has 0 radical (unpaired) electrons. The van der Waals surface area contributed by atoms with E-state index in [1.165, 1.54) is 31.5 Å². The number of hydrogen-bond acceptors (Lipinski definition) is 4. The van der Waals surface area contributed by atoms with Crippen LogP contribution in [-0.2, 0) is 4.74 Å². The van der Waals surface area contributed by atoms with E-state index in [1.54, 1.807) is 7.11 Å². The molecule has 0 unspecified atom stereocenters. The highest BCUT2D eigenvalue weighted by atomic mass is 16.7. The van der Waals surface area contributed by atoms with E-state index in [9.17, 15) is 0 Å². The molecule has 0 aliphatic carbocycles. The first-order chi connectivity index (χ1) is 10.7. The Balaban J connectivity index is 1.65. The van der Waals surface area contributed by atoms with Gasteiger partial charge in [0.2, 0.25) is 0 Å². The van der Waals surface area contributed by atoms with E-state index in [2.05, 4.69) is 24.0 Å². The van der Waals surface area contributed by atoms with Crippen molar-refractivity contribution in [2.24, 2.45) is 5.92 Å². The van der Waals surface area contributed by atoms with Crippen molar-refractivity contribution < 1.29 is 14.2 Å². The van der Waals surface area contributed by atoms with E-state index in [0.717, 1.165) is 29.5 Å². The molecular formula is C18H25NO3. The Kier molecular flexibility index (Phi) is 5.01. The Morgan fingerprint density at radius 3 is 3.09 bits per heavy atom. The second kappa shape index (κ2) is 7.16. The smallest absolute Gasteiger partial charge is 0.188 e. The summed E-state index contributed by atoms with van der Waals surface area (Å²) in [6.45, 7) is 6.70. The zero-order chi connectivity index (χ0) is 15.4. The van der Waals surface area contributed by atoms with Crippen LogP contribution in [-0.4, -0.2) is 45.0 Å². The number of hydrogen-bond donors (Lipinski definition) is 0. The standard InChI is InChI=1S/C18H25NO3/c1-14-4-3-7-19(10-14)11-15-8-16-5-6-17(22-13-20-2)9-18(16)21-12-15/h5-6,8-9,14H,3-4,7,10-13H2,1-2H3/t14-/m1/s1. The maximum absolute atomic E-state index is 5.91. The van der Waals surface area contributed by atoms with Gasteiger partial charge in [0.15, 0.2) is 6.79 Å². The summed E-state index contributed by atoms with van der Waals surface area (Å²) < 4.78 is 16.3. The van der Waals surface area contributed by atoms with E-state index in [4.69, 9.17) is 14.2 Å². The predicted octanol–water partition coefficient (Wildman–Crippen LogP) is 3.18. The number of benzene rings is 1. The predicted molar refractivity (Wildman–Crippen MR) is 87.3 cm³/mol. The van der Waals surface area contributed by atoms with E-state index < -0.39 is 0 Å². The van der Waals surface area contributed by atoms with Crippen LogP contribution in [0.25, 0.3) is 6.08 Å². The van der Waals surface area contributed by atoms with Gasteiger partial charge in [0, 0.05) is 31.8 Å². The maximum atomic E-state index is 5.91. The van der Waals surface area contributed by atoms with Gasteiger partial charge in [-0.05, 0) is 49.1 Å². The van der Waals surface area contributed by atoms with Crippen LogP contribution < -0.4 is 9.47 Å². The fourth-order valence-electron chi connectivity index (χ4n) is 3.22. The van der Waals surface area contributed by atoms with Crippen molar-refractivity contribution in [1.29, 1.82) is 0 Å². The van der Waals surface area contributed by atoms with Crippen LogP contribution in [0.5, 0.6) is 11.5 Å². The molecule has 1 aromatic carbocycles. The second-order valence-electron chi connectivity index (χ2n) is 6.32. The Bertz CT molecular complexity index is 541. The van der Waals surface area contributed by atoms with Crippen molar-refractivity contribution >= 4 is 6.08 Å². The van der Waals surface area contributed by atoms with Crippen LogP contribution in [0, 0.1) is 5.92 Å². The molecule has 1 atom stereocenters. The number of piperidine rings is 1. The van der Waals surface area contributed by atoms with Gasteiger partial charge in [-0.2, -0.15) is 0 Å². The normalized spacial score (nSPS) is 21.7. The zero-order valence-corrected chi connectivity index (χ0v) is 13.5. The molecule has 1 aromatic rings. The van der Waals surface area contributed by atoms with Gasteiger partial charge >= 0.3 is 0 Å². The second-order valence-corrected chi connectivity index (χ2v) is 6.32. The topological polar surface area (TPSA) is 30.9 Å². The summed E-state index contributed by atoms with van der Waals surface area (Å²) >= 11 is 0. The highest BCUT2D eigenvalue weighted by Gasteiger charge is 2.19. The van der Waals surface area contributed by atoms with Crippen LogP contribution in [0.2, 0.25) is 0 Å². The molecule has 1 saturated heterocycles. The lowest BCUT2D eigenvalue weighted by Crippen LogP contribution is -2.36. The van der Waals surface area contributed by atoms with Crippen LogP contribution in [0.3, 0.4) is 0 Å². The molecule has 2 aliphatic heterocycles. The minimum atomic E-state index is 0.257. The van der Waals surface area contributed by atoms with Gasteiger partial charge in [-0.15, -0.1) is 0 Å². The molecule has 120 valence electrons. The quantitative estimate of drug-likeness (QED) is 0.782. The Labute approximate surface area is 132 Å². The molecule has 0 spiro atoms. The summed E-state index contributed by atoms with van der Waals surface area (Å²) in [5, 5.41) is 0. The molecule has 2 aliphatic rings. The lowest BCUT2D eigenvalue weighted by Gasteiger charge is -2.32. The molecular weight excluding hydrogens is 278 g/mol. The van der Waals surface area contributed by atoms with Crippen molar-refractivity contribution in [2.75, 3.05) is 40.1 Å². The molecule has 0 bridgehead atoms. The summed E-state index contributed by atoms with van der Waals surface area (Å²) in [7, 11) is 1.62. The van der Waals surface area contributed by atoms with Gasteiger partial charge in [0.1, 0.15) is 18.1 Å². The van der Waals surface area contributed by atoms with E-state index in [-0.39, 0.29) is 6.79 Å². The number of nitrogens with zero attached hydrogens (tertiary/aromatic N) is 1. The summed E-state index contributed by atoms with van der Waals surface area (Å²) in [4.78, 5) is 2.55. The Hall–Kier alpha value is -1.52. The maximum Gasteiger partial charge on any atom is 0.188 e. The third-order valence-electron chi connectivity index (χ3n) is 4.27. The summed E-state index contributed by atoms with van der Waals surface area (Å²) in [6.07, 6.45) is 4.93. The Morgan fingerprint density at radius 1 is 1.36 bits per heavy atom. The SMILES string of the molecule is COCOc1ccc2c(c1)OCC(CN1CCC[C@@H](C)C1)=C2. The number of methoxy groups -OCH3 is 1. The highest BCUT2D eigenvalue weighted by molar-refractivity contribution is 5.63. The molecule has 1 fully saturated rings. The van der Waals surface area contributed by atoms with Crippen molar-refractivity contribution in [3.05, 3.63) is 29.3 Å². The molecule has 4 heteroatoms. The Morgan fingerprint density at radius 2 is 2.27 bits per heavy atom. The highest BCUT2D eigenvalue weighted by Crippen LogP contribution is 2.31. The molecule has 2 heterocycles. The van der Waals surface area contributed by atoms with Gasteiger partial charge in [0.25, 0.3) is 0 Å². The van der Waals surface area contributed by atoms with Crippen molar-refractivity contribution in [1.82, 2.24) is 4.90 Å². The lowest BCUT2D eigenvalue weighted by atomic mass is 9.99. The number of ether oxygens (including phenoxy) is 3. The van der Waals surface area contributed by atoms with Gasteiger partial charge in [0.05, 0.1) is 0 Å². The van der Waals surface area contributed by atoms with Crippen molar-refractivity contribution in [3.63, 3.8) is 0 Å². The monoisotopic (exact) mass is 303 g/mol. The first kappa shape index (κ1) is 15.4. The molecule has 22 heavy (non-hydrogen) atoms. The van der Waals surface area contributed by atoms with Gasteiger partial charge < -0.3 is 14.2 Å². The first-order valence-corrected chi connectivity index (χ1v) is 8.05. The molecule has 0 N–H and O–H groups in total. The molecule has 0 amide bonds. The summed E-state index contributed by atoms with van der Waals surface area (Å²) in [6, 6.07) is 5.95. The van der Waals surface area contributed by atoms with Crippen LogP contribution >= 0.6 is 0 Å². The number of fused-ring (bicyclic) bond motifs is 1. The molecule has 0 aromatic heterocycles. The fourth-order valence-corrected chi connectivity index (χ4v) is 3.22.